The van der Waals surface area contributed by atoms with Crippen molar-refractivity contribution in [2.24, 2.45) is 0 Å². The van der Waals surface area contributed by atoms with Crippen LogP contribution in [0, 0.1) is 0 Å². The van der Waals surface area contributed by atoms with Gasteiger partial charge in [0.2, 0.25) is 22.1 Å². The van der Waals surface area contributed by atoms with Crippen LogP contribution in [0.25, 0.3) is 0 Å². The van der Waals surface area contributed by atoms with Gasteiger partial charge in [0.25, 0.3) is 0 Å². The first-order chi connectivity index (χ1) is 13.8. The van der Waals surface area contributed by atoms with E-state index in [0.29, 0.717) is 26.2 Å². The molecule has 0 aromatic heterocycles. The third-order valence-electron chi connectivity index (χ3n) is 4.72. The number of ketones is 1. The molecule has 30 heavy (non-hydrogen) atoms. The fourth-order valence-electron chi connectivity index (χ4n) is 3.04. The molecule has 1 fully saturated rings. The van der Waals surface area contributed by atoms with Crippen LogP contribution in [0.15, 0.2) is 0 Å². The predicted octanol–water partition coefficient (Wildman–Crippen LogP) is -0.532. The molecule has 0 spiro atoms. The van der Waals surface area contributed by atoms with Crippen LogP contribution in [0.4, 0.5) is 0 Å². The Balaban J connectivity index is 2.93. The molecule has 1 heterocycles. The zero-order chi connectivity index (χ0) is 23.0. The predicted molar refractivity (Wildman–Crippen MR) is 113 cm³/mol. The van der Waals surface area contributed by atoms with E-state index in [1.54, 1.807) is 14.7 Å². The zero-order valence-electron chi connectivity index (χ0n) is 17.2. The van der Waals surface area contributed by atoms with E-state index < -0.39 is 34.8 Å². The average molecular weight is 493 g/mol. The molecule has 1 rings (SSSR count). The van der Waals surface area contributed by atoms with Crippen LogP contribution in [-0.4, -0.2) is 122 Å². The lowest BCUT2D eigenvalue weighted by Gasteiger charge is -2.28. The van der Waals surface area contributed by atoms with Crippen LogP contribution >= 0.6 is 22.1 Å². The molecule has 0 amide bonds. The van der Waals surface area contributed by atoms with Crippen molar-refractivity contribution in [3.63, 3.8) is 0 Å². The largest absolute Gasteiger partial charge is 0.386 e. The van der Waals surface area contributed by atoms with Gasteiger partial charge in [-0.3, -0.25) is 28.4 Å². The fourth-order valence-corrected chi connectivity index (χ4v) is 6.75. The van der Waals surface area contributed by atoms with E-state index >= 15 is 0 Å². The van der Waals surface area contributed by atoms with Gasteiger partial charge in [-0.05, 0) is 6.92 Å². The minimum atomic E-state index is -3.78. The number of rotatable bonds is 11. The molecule has 0 aliphatic carbocycles. The van der Waals surface area contributed by atoms with Crippen LogP contribution in [-0.2, 0) is 18.5 Å². The lowest BCUT2D eigenvalue weighted by Crippen LogP contribution is -2.37. The highest BCUT2D eigenvalue weighted by Gasteiger charge is 2.29. The summed E-state index contributed by atoms with van der Waals surface area (Å²) in [5.74, 6) is -0.184. The lowest BCUT2D eigenvalue weighted by molar-refractivity contribution is -0.116. The third-order valence-corrected chi connectivity index (χ3v) is 9.05. The summed E-state index contributed by atoms with van der Waals surface area (Å²) < 4.78 is 36.4. The molecule has 0 bridgehead atoms. The second kappa shape index (κ2) is 12.3. The molecule has 0 saturated carbocycles. The monoisotopic (exact) mass is 493 g/mol. The van der Waals surface area contributed by atoms with E-state index in [2.05, 4.69) is 0 Å². The van der Waals surface area contributed by atoms with Gasteiger partial charge in [-0.15, -0.1) is 0 Å². The first kappa shape index (κ1) is 28.1. The van der Waals surface area contributed by atoms with E-state index in [4.69, 9.17) is 10.2 Å². The van der Waals surface area contributed by atoms with Gasteiger partial charge in [0, 0.05) is 51.9 Å². The fraction of sp³-hybridized carbons (Fsp3) is 0.933. The summed E-state index contributed by atoms with van der Waals surface area (Å²) in [5, 5.41) is 18.2. The topological polar surface area (TPSA) is 179 Å². The van der Waals surface area contributed by atoms with Crippen molar-refractivity contribution >= 4 is 27.9 Å². The highest BCUT2D eigenvalue weighted by atomic mass is 31.2. The first-order valence-electron chi connectivity index (χ1n) is 9.58. The molecule has 178 valence electrons. The minimum Gasteiger partial charge on any atom is -0.386 e. The molecule has 0 radical (unpaired) electrons. The Bertz CT molecular complexity index is 670. The maximum atomic E-state index is 12.5. The Labute approximate surface area is 176 Å². The summed E-state index contributed by atoms with van der Waals surface area (Å²) in [7, 11) is -11.2. The summed E-state index contributed by atoms with van der Waals surface area (Å²) in [5.41, 5.74) is 0. The van der Waals surface area contributed by atoms with Crippen LogP contribution in [0.2, 0.25) is 0 Å². The van der Waals surface area contributed by atoms with E-state index in [1.807, 2.05) is 0 Å². The maximum absolute atomic E-state index is 12.5. The van der Waals surface area contributed by atoms with E-state index in [9.17, 15) is 33.2 Å². The molecule has 12 nitrogen and oxygen atoms in total. The summed E-state index contributed by atoms with van der Waals surface area (Å²) in [6.45, 7) is 3.11. The molecule has 0 aromatic rings. The van der Waals surface area contributed by atoms with Crippen molar-refractivity contribution < 1.29 is 43.4 Å². The van der Waals surface area contributed by atoms with Crippen molar-refractivity contribution in [1.29, 1.82) is 0 Å². The number of carbonyl (C=O) groups excluding carboxylic acids is 1. The van der Waals surface area contributed by atoms with Crippen molar-refractivity contribution in [3.8, 4) is 0 Å². The minimum absolute atomic E-state index is 0.00570. The number of Topliss-reactive ketones (excluding diaryl/α,β-unsaturated/α-hetero) is 1. The smallest absolute Gasteiger partial charge is 0.238 e. The molecule has 0 aromatic carbocycles. The first-order valence-corrected chi connectivity index (χ1v) is 15.7. The molecule has 3 atom stereocenters. The highest BCUT2D eigenvalue weighted by Crippen LogP contribution is 2.43. The lowest BCUT2D eigenvalue weighted by atomic mass is 10.4. The quantitative estimate of drug-likeness (QED) is 0.233. The van der Waals surface area contributed by atoms with E-state index in [1.165, 1.54) is 6.92 Å². The zero-order valence-corrected chi connectivity index (χ0v) is 19.9. The van der Waals surface area contributed by atoms with Gasteiger partial charge in [-0.2, -0.15) is 0 Å². The molecule has 1 saturated heterocycles. The Kier molecular flexibility index (Phi) is 11.5. The van der Waals surface area contributed by atoms with Gasteiger partial charge in [-0.25, -0.2) is 0 Å². The van der Waals surface area contributed by atoms with Crippen LogP contribution in [0.5, 0.6) is 0 Å². The Morgan fingerprint density at radius 3 is 1.27 bits per heavy atom. The number of carbonyl (C=O) groups is 1. The Hall–Kier alpha value is 0.0400. The number of aliphatic hydroxyl groups is 2. The third kappa shape index (κ3) is 11.6. The summed E-state index contributed by atoms with van der Waals surface area (Å²) in [4.78, 5) is 45.9. The maximum Gasteiger partial charge on any atom is 0.238 e. The standard InChI is InChI=1S/C15H34N3O9P3/c1-15(21)2-9-28(22,23)10-16-3-5-17(11-29(24,25)13-19)7-8-18(6-4-16)12-30(26,27)14-20/h19-20H,2-14H2,1H3,(H,22,23)(H,24,25)(H,26,27). The van der Waals surface area contributed by atoms with Gasteiger partial charge >= 0.3 is 0 Å². The average Bonchev–Trinajstić information content (AvgIpc) is 2.72. The van der Waals surface area contributed by atoms with E-state index in [-0.39, 0.29) is 50.3 Å². The number of nitrogens with zero attached hydrogens (tertiary/aromatic N) is 3. The molecule has 5 N–H and O–H groups in total. The molecule has 15 heteroatoms. The van der Waals surface area contributed by atoms with E-state index in [0.717, 1.165) is 0 Å². The number of hydrogen-bond acceptors (Lipinski definition) is 9. The molecule has 1 aliphatic heterocycles. The van der Waals surface area contributed by atoms with Gasteiger partial charge in [0.05, 0.1) is 18.9 Å². The number of hydrogen-bond donors (Lipinski definition) is 5. The van der Waals surface area contributed by atoms with Crippen molar-refractivity contribution in [3.05, 3.63) is 0 Å². The second-order valence-electron chi connectivity index (χ2n) is 7.78. The van der Waals surface area contributed by atoms with Crippen LogP contribution < -0.4 is 0 Å². The van der Waals surface area contributed by atoms with Gasteiger partial charge in [-0.1, -0.05) is 0 Å². The highest BCUT2D eigenvalue weighted by molar-refractivity contribution is 7.58. The molecular weight excluding hydrogens is 459 g/mol. The molecular formula is C15H34N3O9P3. The summed E-state index contributed by atoms with van der Waals surface area (Å²) in [6.07, 6.45) is -2.61. The van der Waals surface area contributed by atoms with Crippen LogP contribution in [0.1, 0.15) is 13.3 Å². The summed E-state index contributed by atoms with van der Waals surface area (Å²) in [6, 6.07) is 0. The SMILES string of the molecule is CC(=O)CCP(=O)(O)CN1CCN(CP(=O)(O)CO)CCN(CP(=O)(O)CO)CC1. The number of aliphatic hydroxyl groups excluding tert-OH is 2. The van der Waals surface area contributed by atoms with Gasteiger partial charge in [0.1, 0.15) is 18.5 Å². The van der Waals surface area contributed by atoms with Crippen molar-refractivity contribution in [2.75, 3.05) is 77.0 Å². The van der Waals surface area contributed by atoms with Gasteiger partial charge in [0.15, 0.2) is 0 Å². The second-order valence-corrected chi connectivity index (χ2v) is 14.7. The van der Waals surface area contributed by atoms with Crippen molar-refractivity contribution in [2.45, 2.75) is 13.3 Å². The van der Waals surface area contributed by atoms with Gasteiger partial charge < -0.3 is 29.7 Å². The molecule has 3 unspecified atom stereocenters. The van der Waals surface area contributed by atoms with Crippen LogP contribution in [0.3, 0.4) is 0 Å². The summed E-state index contributed by atoms with van der Waals surface area (Å²) >= 11 is 0. The normalized spacial score (nSPS) is 24.1. The Morgan fingerprint density at radius 1 is 0.700 bits per heavy atom. The Morgan fingerprint density at radius 2 is 1.00 bits per heavy atom. The van der Waals surface area contributed by atoms with Crippen molar-refractivity contribution in [1.82, 2.24) is 14.7 Å². The molecule has 1 aliphatic rings.